The lowest BCUT2D eigenvalue weighted by Crippen LogP contribution is -2.57. The van der Waals surface area contributed by atoms with Gasteiger partial charge in [-0.25, -0.2) is 4.79 Å². The van der Waals surface area contributed by atoms with Gasteiger partial charge >= 0.3 is 6.09 Å². The molecule has 2 atom stereocenters. The highest BCUT2D eigenvalue weighted by molar-refractivity contribution is 5.70. The summed E-state index contributed by atoms with van der Waals surface area (Å²) in [6.45, 7) is 5.82. The quantitative estimate of drug-likeness (QED) is 0.831. The number of rotatable bonds is 1. The third-order valence-corrected chi connectivity index (χ3v) is 2.85. The topological polar surface area (TPSA) is 49.8 Å². The maximum Gasteiger partial charge on any atom is 0.410 e. The molecular weight excluding hydrogens is 230 g/mol. The van der Waals surface area contributed by atoms with Crippen molar-refractivity contribution < 1.29 is 14.6 Å². The SMILES string of the molecule is CC(C)(C)OC(=O)N1CC(O)C1c1ccccc1. The number of carbonyl (C=O) groups excluding carboxylic acids is 1. The van der Waals surface area contributed by atoms with E-state index in [1.54, 1.807) is 4.90 Å². The van der Waals surface area contributed by atoms with Crippen molar-refractivity contribution in [1.82, 2.24) is 4.90 Å². The van der Waals surface area contributed by atoms with E-state index in [4.69, 9.17) is 4.74 Å². The number of hydrogen-bond donors (Lipinski definition) is 1. The van der Waals surface area contributed by atoms with Crippen LogP contribution in [0.5, 0.6) is 0 Å². The predicted molar refractivity (Wildman–Crippen MR) is 68.1 cm³/mol. The number of likely N-dealkylation sites (tertiary alicyclic amines) is 1. The van der Waals surface area contributed by atoms with E-state index >= 15 is 0 Å². The Kier molecular flexibility index (Phi) is 3.30. The molecule has 1 aliphatic rings. The van der Waals surface area contributed by atoms with Crippen LogP contribution in [0.3, 0.4) is 0 Å². The zero-order valence-electron chi connectivity index (χ0n) is 11.0. The average Bonchev–Trinajstić information content (AvgIpc) is 2.24. The Balaban J connectivity index is 2.09. The van der Waals surface area contributed by atoms with Crippen molar-refractivity contribution in [2.75, 3.05) is 6.54 Å². The van der Waals surface area contributed by atoms with Crippen molar-refractivity contribution in [2.24, 2.45) is 0 Å². The lowest BCUT2D eigenvalue weighted by atomic mass is 9.92. The number of aliphatic hydroxyl groups is 1. The number of nitrogens with zero attached hydrogens (tertiary/aromatic N) is 1. The molecule has 1 aromatic carbocycles. The second-order valence-electron chi connectivity index (χ2n) is 5.56. The van der Waals surface area contributed by atoms with E-state index in [0.717, 1.165) is 5.56 Å². The largest absolute Gasteiger partial charge is 0.444 e. The normalized spacial score (nSPS) is 23.4. The number of amides is 1. The first-order chi connectivity index (χ1) is 8.38. The lowest BCUT2D eigenvalue weighted by Gasteiger charge is -2.45. The predicted octanol–water partition coefficient (Wildman–Crippen LogP) is 2.34. The monoisotopic (exact) mass is 249 g/mol. The Labute approximate surface area is 107 Å². The van der Waals surface area contributed by atoms with Crippen molar-refractivity contribution in [1.29, 1.82) is 0 Å². The maximum absolute atomic E-state index is 12.0. The van der Waals surface area contributed by atoms with Gasteiger partial charge in [-0.05, 0) is 26.3 Å². The van der Waals surface area contributed by atoms with E-state index in [0.29, 0.717) is 6.54 Å². The molecule has 0 spiro atoms. The molecule has 0 aromatic heterocycles. The van der Waals surface area contributed by atoms with Gasteiger partial charge in [-0.3, -0.25) is 4.90 Å². The first-order valence-corrected chi connectivity index (χ1v) is 6.11. The molecule has 0 saturated carbocycles. The van der Waals surface area contributed by atoms with Gasteiger partial charge in [0.2, 0.25) is 0 Å². The van der Waals surface area contributed by atoms with E-state index in [1.807, 2.05) is 51.1 Å². The molecule has 1 saturated heterocycles. The van der Waals surface area contributed by atoms with Crippen LogP contribution in [0.1, 0.15) is 32.4 Å². The highest BCUT2D eigenvalue weighted by atomic mass is 16.6. The molecule has 0 aliphatic carbocycles. The Bertz CT molecular complexity index is 424. The molecule has 18 heavy (non-hydrogen) atoms. The maximum atomic E-state index is 12.0. The van der Waals surface area contributed by atoms with Crippen LogP contribution in [-0.2, 0) is 4.74 Å². The highest BCUT2D eigenvalue weighted by Crippen LogP contribution is 2.34. The van der Waals surface area contributed by atoms with Crippen molar-refractivity contribution in [3.8, 4) is 0 Å². The highest BCUT2D eigenvalue weighted by Gasteiger charge is 2.43. The summed E-state index contributed by atoms with van der Waals surface area (Å²) in [5.74, 6) is 0. The molecule has 98 valence electrons. The minimum absolute atomic E-state index is 0.291. The number of hydrogen-bond acceptors (Lipinski definition) is 3. The van der Waals surface area contributed by atoms with E-state index in [1.165, 1.54) is 0 Å². The smallest absolute Gasteiger partial charge is 0.410 e. The molecule has 1 heterocycles. The van der Waals surface area contributed by atoms with E-state index < -0.39 is 11.7 Å². The Morgan fingerprint density at radius 1 is 1.33 bits per heavy atom. The van der Waals surface area contributed by atoms with Gasteiger partial charge in [0.1, 0.15) is 5.60 Å². The molecule has 4 nitrogen and oxygen atoms in total. The van der Waals surface area contributed by atoms with Crippen LogP contribution in [0.25, 0.3) is 0 Å². The van der Waals surface area contributed by atoms with E-state index in [9.17, 15) is 9.90 Å². The molecule has 1 aliphatic heterocycles. The van der Waals surface area contributed by atoms with Crippen LogP contribution in [0.2, 0.25) is 0 Å². The standard InChI is InChI=1S/C14H19NO3/c1-14(2,3)18-13(17)15-9-11(16)12(15)10-7-5-4-6-8-10/h4-8,11-12,16H,9H2,1-3H3. The van der Waals surface area contributed by atoms with Gasteiger partial charge in [-0.2, -0.15) is 0 Å². The van der Waals surface area contributed by atoms with Crippen LogP contribution in [-0.4, -0.2) is 34.3 Å². The molecular formula is C14H19NO3. The Morgan fingerprint density at radius 2 is 1.94 bits per heavy atom. The van der Waals surface area contributed by atoms with Crippen LogP contribution in [0.15, 0.2) is 30.3 Å². The van der Waals surface area contributed by atoms with Gasteiger partial charge in [0.05, 0.1) is 18.7 Å². The molecule has 0 bridgehead atoms. The van der Waals surface area contributed by atoms with E-state index in [-0.39, 0.29) is 12.1 Å². The van der Waals surface area contributed by atoms with Gasteiger partial charge < -0.3 is 9.84 Å². The van der Waals surface area contributed by atoms with Crippen molar-refractivity contribution in [3.63, 3.8) is 0 Å². The van der Waals surface area contributed by atoms with Crippen molar-refractivity contribution in [2.45, 2.75) is 38.5 Å². The third-order valence-electron chi connectivity index (χ3n) is 2.85. The van der Waals surface area contributed by atoms with E-state index in [2.05, 4.69) is 0 Å². The summed E-state index contributed by atoms with van der Waals surface area (Å²) in [6.07, 6.45) is -0.887. The summed E-state index contributed by atoms with van der Waals surface area (Å²) in [5, 5.41) is 9.83. The summed E-state index contributed by atoms with van der Waals surface area (Å²) in [6, 6.07) is 9.23. The summed E-state index contributed by atoms with van der Waals surface area (Å²) in [4.78, 5) is 13.5. The summed E-state index contributed by atoms with van der Waals surface area (Å²) < 4.78 is 5.32. The Morgan fingerprint density at radius 3 is 2.44 bits per heavy atom. The first kappa shape index (κ1) is 12.9. The van der Waals surface area contributed by atoms with Crippen LogP contribution >= 0.6 is 0 Å². The summed E-state index contributed by atoms with van der Waals surface area (Å²) in [5.41, 5.74) is 0.417. The number of benzene rings is 1. The molecule has 2 unspecified atom stereocenters. The van der Waals surface area contributed by atoms with Gasteiger partial charge in [0.15, 0.2) is 0 Å². The number of β-amino-alcohol motifs (C(OH)–C–C–N with tert-alkyl or cyclic N) is 1. The minimum Gasteiger partial charge on any atom is -0.444 e. The first-order valence-electron chi connectivity index (χ1n) is 6.11. The Hall–Kier alpha value is -1.55. The van der Waals surface area contributed by atoms with Crippen LogP contribution in [0, 0.1) is 0 Å². The average molecular weight is 249 g/mol. The summed E-state index contributed by atoms with van der Waals surface area (Å²) >= 11 is 0. The fourth-order valence-corrected chi connectivity index (χ4v) is 2.05. The molecule has 1 fully saturated rings. The van der Waals surface area contributed by atoms with Crippen LogP contribution in [0.4, 0.5) is 4.79 Å². The van der Waals surface area contributed by atoms with Gasteiger partial charge in [-0.1, -0.05) is 30.3 Å². The fourth-order valence-electron chi connectivity index (χ4n) is 2.05. The fraction of sp³-hybridized carbons (Fsp3) is 0.500. The molecule has 1 aromatic rings. The summed E-state index contributed by atoms with van der Waals surface area (Å²) in [7, 11) is 0. The molecule has 0 radical (unpaired) electrons. The van der Waals surface area contributed by atoms with Gasteiger partial charge in [-0.15, -0.1) is 0 Å². The molecule has 1 N–H and O–H groups in total. The second-order valence-corrected chi connectivity index (χ2v) is 5.56. The van der Waals surface area contributed by atoms with Crippen molar-refractivity contribution in [3.05, 3.63) is 35.9 Å². The van der Waals surface area contributed by atoms with Gasteiger partial charge in [0.25, 0.3) is 0 Å². The molecule has 2 rings (SSSR count). The number of carbonyl (C=O) groups is 1. The van der Waals surface area contributed by atoms with Crippen molar-refractivity contribution >= 4 is 6.09 Å². The minimum atomic E-state index is -0.515. The third kappa shape index (κ3) is 2.64. The zero-order chi connectivity index (χ0) is 13.3. The number of ether oxygens (including phenoxy) is 1. The second kappa shape index (κ2) is 4.61. The van der Waals surface area contributed by atoms with Gasteiger partial charge in [0, 0.05) is 0 Å². The van der Waals surface area contributed by atoms with Crippen LogP contribution < -0.4 is 0 Å². The lowest BCUT2D eigenvalue weighted by molar-refractivity contribution is -0.0723. The number of aliphatic hydroxyl groups excluding tert-OH is 1. The molecule has 1 amide bonds. The molecule has 4 heteroatoms. The zero-order valence-corrected chi connectivity index (χ0v) is 11.0.